The average molecular weight is 312 g/mol. The summed E-state index contributed by atoms with van der Waals surface area (Å²) in [6.45, 7) is 1.77. The van der Waals surface area contributed by atoms with Crippen molar-refractivity contribution in [2.75, 3.05) is 44.4 Å². The minimum Gasteiger partial charge on any atom is -0.397 e. The highest BCUT2D eigenvalue weighted by Crippen LogP contribution is 2.27. The third-order valence-corrected chi connectivity index (χ3v) is 5.24. The first-order valence-corrected chi connectivity index (χ1v) is 8.10. The van der Waals surface area contributed by atoms with Crippen LogP contribution in [0.2, 0.25) is 0 Å². The molecule has 0 aliphatic carbocycles. The highest BCUT2D eigenvalue weighted by atomic mass is 32.2. The number of hydrogen-bond acceptors (Lipinski definition) is 5. The quantitative estimate of drug-likeness (QED) is 0.757. The second kappa shape index (κ2) is 5.90. The third-order valence-electron chi connectivity index (χ3n) is 3.43. The maximum Gasteiger partial charge on any atom is 0.242 e. The highest BCUT2D eigenvalue weighted by molar-refractivity contribution is 7.89. The van der Waals surface area contributed by atoms with Crippen LogP contribution < -0.4 is 16.0 Å². The van der Waals surface area contributed by atoms with Crippen molar-refractivity contribution in [2.24, 2.45) is 0 Å². The standard InChI is InChI=1S/C13H20N4O3S/c1-16(2)21(19,20)10-3-4-12(11(14)9-10)17-7-5-13(18)15-6-8-17/h3-4,9H,5-8,14H2,1-2H3,(H,15,18). The first-order chi connectivity index (χ1) is 9.82. The fraction of sp³-hybridized carbons (Fsp3) is 0.462. The highest BCUT2D eigenvalue weighted by Gasteiger charge is 2.20. The van der Waals surface area contributed by atoms with Gasteiger partial charge in [0.15, 0.2) is 0 Å². The topological polar surface area (TPSA) is 95.7 Å². The average Bonchev–Trinajstić information content (AvgIpc) is 2.63. The van der Waals surface area contributed by atoms with Gasteiger partial charge < -0.3 is 16.0 Å². The summed E-state index contributed by atoms with van der Waals surface area (Å²) in [6.07, 6.45) is 0.400. The maximum absolute atomic E-state index is 12.1. The van der Waals surface area contributed by atoms with E-state index in [0.29, 0.717) is 31.7 Å². The Morgan fingerprint density at radius 2 is 2.00 bits per heavy atom. The zero-order valence-electron chi connectivity index (χ0n) is 12.2. The van der Waals surface area contributed by atoms with Gasteiger partial charge in [-0.3, -0.25) is 4.79 Å². The van der Waals surface area contributed by atoms with Crippen molar-refractivity contribution < 1.29 is 13.2 Å². The van der Waals surface area contributed by atoms with Crippen molar-refractivity contribution in [2.45, 2.75) is 11.3 Å². The molecule has 0 spiro atoms. The van der Waals surface area contributed by atoms with Crippen LogP contribution in [0.4, 0.5) is 11.4 Å². The lowest BCUT2D eigenvalue weighted by atomic mass is 10.2. The summed E-state index contributed by atoms with van der Waals surface area (Å²) in [5.74, 6) is 0.0166. The van der Waals surface area contributed by atoms with E-state index in [-0.39, 0.29) is 10.8 Å². The van der Waals surface area contributed by atoms with Crippen molar-refractivity contribution in [1.29, 1.82) is 0 Å². The Kier molecular flexibility index (Phi) is 4.38. The van der Waals surface area contributed by atoms with E-state index in [0.717, 1.165) is 9.99 Å². The SMILES string of the molecule is CN(C)S(=O)(=O)c1ccc(N2CCNC(=O)CC2)c(N)c1. The van der Waals surface area contributed by atoms with Crippen molar-refractivity contribution in [3.05, 3.63) is 18.2 Å². The number of rotatable bonds is 3. The van der Waals surface area contributed by atoms with E-state index < -0.39 is 10.0 Å². The minimum atomic E-state index is -3.49. The molecule has 0 unspecified atom stereocenters. The summed E-state index contributed by atoms with van der Waals surface area (Å²) in [5.41, 5.74) is 7.15. The van der Waals surface area contributed by atoms with E-state index in [4.69, 9.17) is 5.73 Å². The van der Waals surface area contributed by atoms with Crippen LogP contribution in [-0.4, -0.2) is 52.4 Å². The number of hydrogen-bond donors (Lipinski definition) is 2. The van der Waals surface area contributed by atoms with E-state index in [9.17, 15) is 13.2 Å². The van der Waals surface area contributed by atoms with E-state index in [1.54, 1.807) is 12.1 Å². The molecule has 0 aromatic heterocycles. The van der Waals surface area contributed by atoms with E-state index in [1.165, 1.54) is 20.2 Å². The number of nitrogens with zero attached hydrogens (tertiary/aromatic N) is 2. The van der Waals surface area contributed by atoms with Gasteiger partial charge in [0, 0.05) is 40.2 Å². The Hall–Kier alpha value is -1.80. The number of nitrogens with one attached hydrogen (secondary N) is 1. The second-order valence-corrected chi connectivity index (χ2v) is 7.25. The monoisotopic (exact) mass is 312 g/mol. The van der Waals surface area contributed by atoms with Crippen LogP contribution in [0.25, 0.3) is 0 Å². The van der Waals surface area contributed by atoms with Crippen molar-refractivity contribution in [3.8, 4) is 0 Å². The molecule has 21 heavy (non-hydrogen) atoms. The van der Waals surface area contributed by atoms with Gasteiger partial charge in [0.2, 0.25) is 15.9 Å². The summed E-state index contributed by atoms with van der Waals surface area (Å²) < 4.78 is 25.3. The van der Waals surface area contributed by atoms with E-state index in [1.807, 2.05) is 4.90 Å². The van der Waals surface area contributed by atoms with Crippen LogP contribution in [0.15, 0.2) is 23.1 Å². The lowest BCUT2D eigenvalue weighted by Crippen LogP contribution is -2.29. The molecule has 116 valence electrons. The Balaban J connectivity index is 2.29. The van der Waals surface area contributed by atoms with Gasteiger partial charge in [-0.15, -0.1) is 0 Å². The molecule has 1 amide bonds. The first kappa shape index (κ1) is 15.6. The molecular formula is C13H20N4O3S. The molecule has 7 nitrogen and oxygen atoms in total. The molecule has 2 rings (SSSR count). The van der Waals surface area contributed by atoms with Crippen molar-refractivity contribution in [3.63, 3.8) is 0 Å². The zero-order valence-corrected chi connectivity index (χ0v) is 13.0. The van der Waals surface area contributed by atoms with Crippen LogP contribution in [0.3, 0.4) is 0 Å². The number of nitrogens with two attached hydrogens (primary N) is 1. The van der Waals surface area contributed by atoms with Gasteiger partial charge in [-0.1, -0.05) is 0 Å². The van der Waals surface area contributed by atoms with Crippen LogP contribution in [0.5, 0.6) is 0 Å². The molecular weight excluding hydrogens is 292 g/mol. The Morgan fingerprint density at radius 1 is 1.29 bits per heavy atom. The number of amides is 1. The Labute approximate surface area is 124 Å². The zero-order chi connectivity index (χ0) is 15.6. The predicted octanol–water partition coefficient (Wildman–Crippen LogP) is -0.155. The number of anilines is 2. The number of sulfonamides is 1. The molecule has 1 aromatic rings. The molecule has 0 radical (unpaired) electrons. The molecule has 1 fully saturated rings. The Morgan fingerprint density at radius 3 is 2.62 bits per heavy atom. The summed E-state index contributed by atoms with van der Waals surface area (Å²) >= 11 is 0. The van der Waals surface area contributed by atoms with Gasteiger partial charge in [0.25, 0.3) is 0 Å². The van der Waals surface area contributed by atoms with E-state index in [2.05, 4.69) is 5.32 Å². The van der Waals surface area contributed by atoms with Crippen LogP contribution in [0, 0.1) is 0 Å². The molecule has 1 saturated heterocycles. The number of carbonyl (C=O) groups excluding carboxylic acids is 1. The normalized spacial score (nSPS) is 16.7. The number of carbonyl (C=O) groups is 1. The molecule has 1 aromatic carbocycles. The largest absolute Gasteiger partial charge is 0.397 e. The maximum atomic E-state index is 12.1. The third kappa shape index (κ3) is 3.27. The summed E-state index contributed by atoms with van der Waals surface area (Å²) in [4.78, 5) is 13.5. The van der Waals surface area contributed by atoms with Crippen molar-refractivity contribution in [1.82, 2.24) is 9.62 Å². The summed E-state index contributed by atoms with van der Waals surface area (Å²) in [5, 5.41) is 2.79. The van der Waals surface area contributed by atoms with Gasteiger partial charge in [0.1, 0.15) is 0 Å². The fourth-order valence-corrected chi connectivity index (χ4v) is 3.14. The second-order valence-electron chi connectivity index (χ2n) is 5.10. The van der Waals surface area contributed by atoms with Crippen molar-refractivity contribution >= 4 is 27.3 Å². The van der Waals surface area contributed by atoms with Crippen LogP contribution in [0.1, 0.15) is 6.42 Å². The minimum absolute atomic E-state index is 0.0166. The predicted molar refractivity (Wildman–Crippen MR) is 81.6 cm³/mol. The first-order valence-electron chi connectivity index (χ1n) is 6.66. The lowest BCUT2D eigenvalue weighted by molar-refractivity contribution is -0.120. The van der Waals surface area contributed by atoms with E-state index >= 15 is 0 Å². The molecule has 0 bridgehead atoms. The molecule has 1 heterocycles. The lowest BCUT2D eigenvalue weighted by Gasteiger charge is -2.24. The Bertz CT molecular complexity index is 643. The molecule has 0 atom stereocenters. The van der Waals surface area contributed by atoms with Crippen LogP contribution in [-0.2, 0) is 14.8 Å². The molecule has 0 saturated carbocycles. The van der Waals surface area contributed by atoms with Gasteiger partial charge >= 0.3 is 0 Å². The summed E-state index contributed by atoms with van der Waals surface area (Å²) in [6, 6.07) is 4.70. The molecule has 3 N–H and O–H groups in total. The van der Waals surface area contributed by atoms with Gasteiger partial charge in [-0.25, -0.2) is 12.7 Å². The van der Waals surface area contributed by atoms with Gasteiger partial charge in [0.05, 0.1) is 16.3 Å². The van der Waals surface area contributed by atoms with Gasteiger partial charge in [-0.2, -0.15) is 0 Å². The summed E-state index contributed by atoms with van der Waals surface area (Å²) in [7, 11) is -0.539. The van der Waals surface area contributed by atoms with Gasteiger partial charge in [-0.05, 0) is 18.2 Å². The fourth-order valence-electron chi connectivity index (χ4n) is 2.20. The molecule has 1 aliphatic heterocycles. The number of nitrogen functional groups attached to an aromatic ring is 1. The molecule has 1 aliphatic rings. The van der Waals surface area contributed by atoms with Crippen LogP contribution >= 0.6 is 0 Å². The number of benzene rings is 1. The molecule has 8 heteroatoms. The smallest absolute Gasteiger partial charge is 0.242 e.